The maximum atomic E-state index is 5.47. The summed E-state index contributed by atoms with van der Waals surface area (Å²) in [5.74, 6) is 0. The van der Waals surface area contributed by atoms with E-state index >= 15 is 0 Å². The molecule has 0 aliphatic carbocycles. The van der Waals surface area contributed by atoms with Crippen molar-refractivity contribution in [2.24, 2.45) is 0 Å². The fourth-order valence-corrected chi connectivity index (χ4v) is 8.53. The number of rotatable bonds is 8. The minimum atomic E-state index is 0.843. The molecule has 0 spiro atoms. The van der Waals surface area contributed by atoms with Gasteiger partial charge in [0.15, 0.2) is 0 Å². The van der Waals surface area contributed by atoms with Crippen LogP contribution in [0, 0.1) is 0 Å². The van der Waals surface area contributed by atoms with Crippen LogP contribution in [0.1, 0.15) is 0 Å². The summed E-state index contributed by atoms with van der Waals surface area (Å²) in [7, 11) is 0. The number of benzene rings is 9. The van der Waals surface area contributed by atoms with Gasteiger partial charge in [0, 0.05) is 50.2 Å². The second kappa shape index (κ2) is 15.0. The quantitative estimate of drug-likeness (QED) is 0.154. The first-order valence-corrected chi connectivity index (χ1v) is 20.3. The Bertz CT molecular complexity index is 3210. The van der Waals surface area contributed by atoms with E-state index in [4.69, 9.17) is 9.97 Å². The molecule has 4 heteroatoms. The molecule has 0 bridgehead atoms. The Morgan fingerprint density at radius 1 is 0.317 bits per heavy atom. The van der Waals surface area contributed by atoms with E-state index in [0.717, 1.165) is 67.4 Å². The number of fused-ring (bicyclic) bond motifs is 4. The number of para-hydroxylation sites is 4. The molecule has 0 amide bonds. The molecule has 4 nitrogen and oxygen atoms in total. The third-order valence-corrected chi connectivity index (χ3v) is 11.4. The lowest BCUT2D eigenvalue weighted by molar-refractivity contribution is 1.17. The lowest BCUT2D eigenvalue weighted by Gasteiger charge is -2.26. The Labute approximate surface area is 348 Å². The van der Waals surface area contributed by atoms with E-state index in [9.17, 15) is 0 Å². The van der Waals surface area contributed by atoms with E-state index < -0.39 is 0 Å². The van der Waals surface area contributed by atoms with Gasteiger partial charge in [-0.1, -0.05) is 164 Å². The van der Waals surface area contributed by atoms with Gasteiger partial charge in [-0.2, -0.15) is 0 Å². The maximum Gasteiger partial charge on any atom is 0.0973 e. The Morgan fingerprint density at radius 2 is 0.767 bits per heavy atom. The van der Waals surface area contributed by atoms with Crippen LogP contribution in [0.15, 0.2) is 231 Å². The van der Waals surface area contributed by atoms with Crippen LogP contribution in [0.4, 0.5) is 17.1 Å². The number of nitrogens with zero attached hydrogens (tertiary/aromatic N) is 4. The molecule has 0 fully saturated rings. The number of aromatic nitrogens is 3. The van der Waals surface area contributed by atoms with E-state index in [0.29, 0.717) is 0 Å². The largest absolute Gasteiger partial charge is 0.311 e. The first-order valence-electron chi connectivity index (χ1n) is 20.3. The van der Waals surface area contributed by atoms with E-state index in [1.807, 2.05) is 12.1 Å². The second-order valence-electron chi connectivity index (χ2n) is 15.0. The van der Waals surface area contributed by atoms with Gasteiger partial charge in [0.2, 0.25) is 0 Å². The average molecular weight is 767 g/mol. The van der Waals surface area contributed by atoms with Gasteiger partial charge in [0.1, 0.15) is 0 Å². The summed E-state index contributed by atoms with van der Waals surface area (Å²) in [4.78, 5) is 13.1. The van der Waals surface area contributed by atoms with Gasteiger partial charge in [0.05, 0.1) is 33.5 Å². The van der Waals surface area contributed by atoms with Crippen molar-refractivity contribution < 1.29 is 0 Å². The first-order chi connectivity index (χ1) is 29.8. The molecule has 0 saturated carbocycles. The fourth-order valence-electron chi connectivity index (χ4n) is 8.53. The minimum absolute atomic E-state index is 0.843. The molecule has 11 rings (SSSR count). The molecule has 0 atom stereocenters. The highest BCUT2D eigenvalue weighted by Gasteiger charge is 2.19. The normalized spacial score (nSPS) is 11.3. The Morgan fingerprint density at radius 3 is 1.40 bits per heavy atom. The Hall–Kier alpha value is -8.08. The molecule has 0 aliphatic heterocycles. The molecule has 0 saturated heterocycles. The summed E-state index contributed by atoms with van der Waals surface area (Å²) in [5.41, 5.74) is 16.7. The van der Waals surface area contributed by atoms with Crippen LogP contribution in [-0.4, -0.2) is 14.5 Å². The van der Waals surface area contributed by atoms with Crippen molar-refractivity contribution in [3.05, 3.63) is 231 Å². The summed E-state index contributed by atoms with van der Waals surface area (Å²) >= 11 is 0. The maximum absolute atomic E-state index is 5.47. The van der Waals surface area contributed by atoms with Crippen molar-refractivity contribution in [1.29, 1.82) is 0 Å². The lowest BCUT2D eigenvalue weighted by atomic mass is 9.98. The van der Waals surface area contributed by atoms with Crippen LogP contribution in [0.25, 0.3) is 83.3 Å². The van der Waals surface area contributed by atoms with Crippen LogP contribution in [0.2, 0.25) is 0 Å². The molecule has 0 radical (unpaired) electrons. The molecule has 282 valence electrons. The van der Waals surface area contributed by atoms with Crippen molar-refractivity contribution in [2.45, 2.75) is 0 Å². The average Bonchev–Trinajstić information content (AvgIpc) is 3.67. The molecule has 9 aromatic carbocycles. The number of anilines is 3. The second-order valence-corrected chi connectivity index (χ2v) is 15.0. The van der Waals surface area contributed by atoms with E-state index in [1.54, 1.807) is 0 Å². The van der Waals surface area contributed by atoms with Crippen molar-refractivity contribution in [3.8, 4) is 50.5 Å². The van der Waals surface area contributed by atoms with E-state index in [1.165, 1.54) is 32.9 Å². The first kappa shape index (κ1) is 35.1. The SMILES string of the molecule is c1ccc(-c2ccc(-c3cccc4nc(-c5ccccc5)c(-c5ccc(N(c6ccccc6)c6ccc(-n7c8ccccc8c8ccccc87)cc6)cc5)nc34)cc2)cc1. The predicted octanol–water partition coefficient (Wildman–Crippen LogP) is 14.9. The minimum Gasteiger partial charge on any atom is -0.311 e. The smallest absolute Gasteiger partial charge is 0.0973 e. The standard InChI is InChI=1S/C56H38N4/c1-4-15-39(16-5-1)40-27-29-41(30-28-40)48-23-14-24-51-56(48)58-55(54(57-51)42-17-6-2-7-18-42)43-31-33-45(34-32-43)59(44-19-8-3-9-20-44)46-35-37-47(38-36-46)60-52-25-12-10-21-49(52)50-22-11-13-26-53(50)60/h1-38H. The predicted molar refractivity (Wildman–Crippen MR) is 250 cm³/mol. The van der Waals surface area contributed by atoms with Gasteiger partial charge < -0.3 is 9.47 Å². The summed E-state index contributed by atoms with van der Waals surface area (Å²) < 4.78 is 2.36. The van der Waals surface area contributed by atoms with Crippen LogP contribution < -0.4 is 4.90 Å². The molecule has 0 unspecified atom stereocenters. The van der Waals surface area contributed by atoms with Crippen molar-refractivity contribution in [2.75, 3.05) is 4.90 Å². The Balaban J connectivity index is 0.998. The molecule has 0 N–H and O–H groups in total. The van der Waals surface area contributed by atoms with Gasteiger partial charge in [-0.15, -0.1) is 0 Å². The summed E-state index contributed by atoms with van der Waals surface area (Å²) in [6.07, 6.45) is 0. The van der Waals surface area contributed by atoms with Gasteiger partial charge in [-0.25, -0.2) is 9.97 Å². The van der Waals surface area contributed by atoms with Gasteiger partial charge >= 0.3 is 0 Å². The zero-order valence-corrected chi connectivity index (χ0v) is 32.7. The number of hydrogen-bond acceptors (Lipinski definition) is 3. The van der Waals surface area contributed by atoms with Gasteiger partial charge in [-0.3, -0.25) is 0 Å². The molecular weight excluding hydrogens is 729 g/mol. The Kier molecular flexibility index (Phi) is 8.79. The molecular formula is C56H38N4. The number of hydrogen-bond donors (Lipinski definition) is 0. The third kappa shape index (κ3) is 6.28. The lowest BCUT2D eigenvalue weighted by Crippen LogP contribution is -2.10. The van der Waals surface area contributed by atoms with Crippen molar-refractivity contribution in [1.82, 2.24) is 14.5 Å². The van der Waals surface area contributed by atoms with Gasteiger partial charge in [-0.05, 0) is 83.4 Å². The highest BCUT2D eigenvalue weighted by Crippen LogP contribution is 2.40. The fraction of sp³-hybridized carbons (Fsp3) is 0. The monoisotopic (exact) mass is 766 g/mol. The molecule has 11 aromatic rings. The molecule has 60 heavy (non-hydrogen) atoms. The van der Waals surface area contributed by atoms with Crippen molar-refractivity contribution in [3.63, 3.8) is 0 Å². The third-order valence-electron chi connectivity index (χ3n) is 11.4. The van der Waals surface area contributed by atoms with Gasteiger partial charge in [0.25, 0.3) is 0 Å². The summed E-state index contributed by atoms with van der Waals surface area (Å²) in [6, 6.07) is 81.4. The highest BCUT2D eigenvalue weighted by atomic mass is 15.1. The molecule has 0 aliphatic rings. The van der Waals surface area contributed by atoms with Crippen LogP contribution in [-0.2, 0) is 0 Å². The topological polar surface area (TPSA) is 34.0 Å². The summed E-state index contributed by atoms with van der Waals surface area (Å²) in [6.45, 7) is 0. The van der Waals surface area contributed by atoms with E-state index in [2.05, 4.69) is 228 Å². The van der Waals surface area contributed by atoms with E-state index in [-0.39, 0.29) is 0 Å². The zero-order chi connectivity index (χ0) is 39.8. The zero-order valence-electron chi connectivity index (χ0n) is 32.7. The molecule has 2 aromatic heterocycles. The summed E-state index contributed by atoms with van der Waals surface area (Å²) in [5, 5.41) is 2.51. The van der Waals surface area contributed by atoms with Crippen LogP contribution in [0.3, 0.4) is 0 Å². The van der Waals surface area contributed by atoms with Crippen LogP contribution in [0.5, 0.6) is 0 Å². The highest BCUT2D eigenvalue weighted by molar-refractivity contribution is 6.09. The molecule has 2 heterocycles. The van der Waals surface area contributed by atoms with Crippen molar-refractivity contribution >= 4 is 49.9 Å². The van der Waals surface area contributed by atoms with Crippen LogP contribution >= 0.6 is 0 Å².